The predicted octanol–water partition coefficient (Wildman–Crippen LogP) is 1.72. The average Bonchev–Trinajstić information content (AvgIpc) is 2.23. The molecule has 3 nitrogen and oxygen atoms in total. The molecule has 0 saturated heterocycles. The minimum absolute atomic E-state index is 0.250. The Labute approximate surface area is 89.2 Å². The van der Waals surface area contributed by atoms with E-state index in [0.717, 1.165) is 11.1 Å². The monoisotopic (exact) mass is 205 g/mol. The average molecular weight is 205 g/mol. The predicted molar refractivity (Wildman–Crippen MR) is 56.3 cm³/mol. The molecule has 1 aromatic heterocycles. The van der Waals surface area contributed by atoms with Crippen LogP contribution in [0.3, 0.4) is 0 Å². The second-order valence-electron chi connectivity index (χ2n) is 4.32. The van der Waals surface area contributed by atoms with Gasteiger partial charge in [0.15, 0.2) is 0 Å². The summed E-state index contributed by atoms with van der Waals surface area (Å²) in [6, 6.07) is 1.95. The standard InChI is InChI=1S/C12H15NO2/c1-9-6-10(8-13-7-9)12(15)4-2-11(14)3-5-12/h6-8,15H,2-5H2,1H3. The summed E-state index contributed by atoms with van der Waals surface area (Å²) in [7, 11) is 0. The van der Waals surface area contributed by atoms with Crippen molar-refractivity contribution in [1.82, 2.24) is 4.98 Å². The first-order valence-electron chi connectivity index (χ1n) is 5.26. The zero-order chi connectivity index (χ0) is 10.9. The third-order valence-corrected chi connectivity index (χ3v) is 3.05. The largest absolute Gasteiger partial charge is 0.385 e. The zero-order valence-electron chi connectivity index (χ0n) is 8.86. The highest BCUT2D eigenvalue weighted by Gasteiger charge is 2.34. The van der Waals surface area contributed by atoms with Crippen molar-refractivity contribution in [2.45, 2.75) is 38.2 Å². The Hall–Kier alpha value is -1.22. The van der Waals surface area contributed by atoms with E-state index in [2.05, 4.69) is 4.98 Å². The Morgan fingerprint density at radius 3 is 2.60 bits per heavy atom. The van der Waals surface area contributed by atoms with Crippen LogP contribution in [0.4, 0.5) is 0 Å². The number of ketones is 1. The number of nitrogens with zero attached hydrogens (tertiary/aromatic N) is 1. The fourth-order valence-electron chi connectivity index (χ4n) is 2.04. The van der Waals surface area contributed by atoms with Crippen LogP contribution >= 0.6 is 0 Å². The molecule has 0 bridgehead atoms. The maximum absolute atomic E-state index is 11.1. The van der Waals surface area contributed by atoms with E-state index in [1.807, 2.05) is 13.0 Å². The molecule has 0 aromatic carbocycles. The molecule has 15 heavy (non-hydrogen) atoms. The summed E-state index contributed by atoms with van der Waals surface area (Å²) in [4.78, 5) is 15.2. The topological polar surface area (TPSA) is 50.2 Å². The fraction of sp³-hybridized carbons (Fsp3) is 0.500. The molecule has 1 aromatic rings. The van der Waals surface area contributed by atoms with Gasteiger partial charge in [-0.2, -0.15) is 0 Å². The van der Waals surface area contributed by atoms with E-state index in [1.54, 1.807) is 12.4 Å². The molecular weight excluding hydrogens is 190 g/mol. The maximum atomic E-state index is 11.1. The van der Waals surface area contributed by atoms with E-state index in [9.17, 15) is 9.90 Å². The molecule has 0 amide bonds. The van der Waals surface area contributed by atoms with E-state index in [-0.39, 0.29) is 5.78 Å². The van der Waals surface area contributed by atoms with Crippen molar-refractivity contribution < 1.29 is 9.90 Å². The van der Waals surface area contributed by atoms with Gasteiger partial charge >= 0.3 is 0 Å². The van der Waals surface area contributed by atoms with Gasteiger partial charge in [0.25, 0.3) is 0 Å². The van der Waals surface area contributed by atoms with Crippen molar-refractivity contribution in [3.8, 4) is 0 Å². The molecule has 80 valence electrons. The minimum Gasteiger partial charge on any atom is -0.385 e. The van der Waals surface area contributed by atoms with Crippen molar-refractivity contribution in [3.05, 3.63) is 29.6 Å². The van der Waals surface area contributed by atoms with Gasteiger partial charge in [-0.15, -0.1) is 0 Å². The van der Waals surface area contributed by atoms with Gasteiger partial charge in [0.2, 0.25) is 0 Å². The summed E-state index contributed by atoms with van der Waals surface area (Å²) < 4.78 is 0. The first kappa shape index (κ1) is 10.3. The molecule has 1 heterocycles. The van der Waals surface area contributed by atoms with Gasteiger partial charge in [-0.1, -0.05) is 6.07 Å². The zero-order valence-corrected chi connectivity index (χ0v) is 8.86. The molecule has 1 saturated carbocycles. The highest BCUT2D eigenvalue weighted by atomic mass is 16.3. The first-order valence-corrected chi connectivity index (χ1v) is 5.26. The summed E-state index contributed by atoms with van der Waals surface area (Å²) in [5.74, 6) is 0.250. The van der Waals surface area contributed by atoms with Crippen LogP contribution in [0.5, 0.6) is 0 Å². The summed E-state index contributed by atoms with van der Waals surface area (Å²) >= 11 is 0. The maximum Gasteiger partial charge on any atom is 0.133 e. The lowest BCUT2D eigenvalue weighted by Crippen LogP contribution is -2.31. The lowest BCUT2D eigenvalue weighted by molar-refractivity contribution is -0.125. The Morgan fingerprint density at radius 2 is 2.00 bits per heavy atom. The van der Waals surface area contributed by atoms with Crippen LogP contribution in [-0.4, -0.2) is 15.9 Å². The van der Waals surface area contributed by atoms with E-state index >= 15 is 0 Å². The lowest BCUT2D eigenvalue weighted by Gasteiger charge is -2.31. The quantitative estimate of drug-likeness (QED) is 0.759. The van der Waals surface area contributed by atoms with E-state index < -0.39 is 5.60 Å². The summed E-state index contributed by atoms with van der Waals surface area (Å²) in [6.45, 7) is 1.95. The van der Waals surface area contributed by atoms with Crippen LogP contribution in [0.15, 0.2) is 18.5 Å². The van der Waals surface area contributed by atoms with Crippen LogP contribution in [0.25, 0.3) is 0 Å². The van der Waals surface area contributed by atoms with Gasteiger partial charge in [-0.3, -0.25) is 9.78 Å². The van der Waals surface area contributed by atoms with Crippen LogP contribution in [0.1, 0.15) is 36.8 Å². The molecule has 1 N–H and O–H groups in total. The van der Waals surface area contributed by atoms with Crippen LogP contribution < -0.4 is 0 Å². The normalized spacial score (nSPS) is 20.3. The third kappa shape index (κ3) is 2.07. The molecule has 0 atom stereocenters. The number of hydrogen-bond acceptors (Lipinski definition) is 3. The second kappa shape index (κ2) is 3.74. The van der Waals surface area contributed by atoms with Crippen molar-refractivity contribution in [1.29, 1.82) is 0 Å². The third-order valence-electron chi connectivity index (χ3n) is 3.05. The van der Waals surface area contributed by atoms with Gasteiger partial charge in [0, 0.05) is 30.8 Å². The number of rotatable bonds is 1. The molecule has 0 radical (unpaired) electrons. The van der Waals surface area contributed by atoms with Gasteiger partial charge in [-0.05, 0) is 25.3 Å². The number of carbonyl (C=O) groups excluding carboxylic acids is 1. The number of pyridine rings is 1. The number of aryl methyl sites for hydroxylation is 1. The van der Waals surface area contributed by atoms with Crippen molar-refractivity contribution >= 4 is 5.78 Å². The molecule has 1 aliphatic rings. The fourth-order valence-corrected chi connectivity index (χ4v) is 2.04. The molecule has 0 aliphatic heterocycles. The Morgan fingerprint density at radius 1 is 1.33 bits per heavy atom. The van der Waals surface area contributed by atoms with Gasteiger partial charge in [0.05, 0.1) is 5.60 Å². The van der Waals surface area contributed by atoms with Crippen LogP contribution in [-0.2, 0) is 10.4 Å². The Balaban J connectivity index is 2.25. The van der Waals surface area contributed by atoms with Crippen molar-refractivity contribution in [2.24, 2.45) is 0 Å². The minimum atomic E-state index is -0.840. The van der Waals surface area contributed by atoms with Crippen molar-refractivity contribution in [2.75, 3.05) is 0 Å². The second-order valence-corrected chi connectivity index (χ2v) is 4.32. The SMILES string of the molecule is Cc1cncc(C2(O)CCC(=O)CC2)c1. The van der Waals surface area contributed by atoms with Crippen LogP contribution in [0, 0.1) is 6.92 Å². The Kier molecular flexibility index (Phi) is 2.57. The van der Waals surface area contributed by atoms with Gasteiger partial charge in [0.1, 0.15) is 5.78 Å². The molecule has 3 heteroatoms. The summed E-state index contributed by atoms with van der Waals surface area (Å²) in [5.41, 5.74) is 1.04. The van der Waals surface area contributed by atoms with Crippen molar-refractivity contribution in [3.63, 3.8) is 0 Å². The molecule has 0 unspecified atom stereocenters. The van der Waals surface area contributed by atoms with Crippen LogP contribution in [0.2, 0.25) is 0 Å². The molecule has 0 spiro atoms. The van der Waals surface area contributed by atoms with Gasteiger partial charge in [-0.25, -0.2) is 0 Å². The highest BCUT2D eigenvalue weighted by Crippen LogP contribution is 2.35. The summed E-state index contributed by atoms with van der Waals surface area (Å²) in [5, 5.41) is 10.4. The number of aromatic nitrogens is 1. The molecule has 1 fully saturated rings. The number of hydrogen-bond donors (Lipinski definition) is 1. The van der Waals surface area contributed by atoms with E-state index in [0.29, 0.717) is 25.7 Å². The molecule has 2 rings (SSSR count). The molecule has 1 aliphatic carbocycles. The van der Waals surface area contributed by atoms with E-state index in [4.69, 9.17) is 0 Å². The summed E-state index contributed by atoms with van der Waals surface area (Å²) in [6.07, 6.45) is 5.46. The number of aliphatic hydroxyl groups is 1. The Bertz CT molecular complexity index is 377. The van der Waals surface area contributed by atoms with E-state index in [1.165, 1.54) is 0 Å². The first-order chi connectivity index (χ1) is 7.10. The smallest absolute Gasteiger partial charge is 0.133 e. The number of carbonyl (C=O) groups is 1. The lowest BCUT2D eigenvalue weighted by atomic mass is 9.79. The number of Topliss-reactive ketones (excluding diaryl/α,β-unsaturated/α-hetero) is 1. The molecular formula is C12H15NO2. The van der Waals surface area contributed by atoms with Gasteiger partial charge < -0.3 is 5.11 Å². The highest BCUT2D eigenvalue weighted by molar-refractivity contribution is 5.79.